The van der Waals surface area contributed by atoms with Gasteiger partial charge >= 0.3 is 0 Å². The monoisotopic (exact) mass is 310 g/mol. The van der Waals surface area contributed by atoms with E-state index in [1.54, 1.807) is 0 Å². The van der Waals surface area contributed by atoms with Crippen LogP contribution in [0, 0.1) is 0 Å². The molecule has 2 aromatic carbocycles. The number of carbonyl (C=O) groups excluding carboxylic acids is 1. The van der Waals surface area contributed by atoms with Crippen LogP contribution >= 0.6 is 0 Å². The van der Waals surface area contributed by atoms with Crippen LogP contribution in [0.4, 0.5) is 11.4 Å². The molecule has 2 aromatic rings. The van der Waals surface area contributed by atoms with Gasteiger partial charge in [-0.2, -0.15) is 0 Å². The number of fused-ring (bicyclic) bond motifs is 2. The van der Waals surface area contributed by atoms with E-state index in [0.717, 1.165) is 36.5 Å². The number of aryl methyl sites for hydroxylation is 1. The van der Waals surface area contributed by atoms with Gasteiger partial charge in [-0.15, -0.1) is 0 Å². The number of nitrogens with zero attached hydrogens (tertiary/aromatic N) is 1. The second-order valence-electron chi connectivity index (χ2n) is 5.70. The largest absolute Gasteiger partial charge is 0.454 e. The molecule has 5 nitrogen and oxygen atoms in total. The maximum Gasteiger partial charge on any atom is 0.246 e. The van der Waals surface area contributed by atoms with Crippen molar-refractivity contribution in [3.05, 3.63) is 48.0 Å². The number of benzene rings is 2. The smallest absolute Gasteiger partial charge is 0.246 e. The third kappa shape index (κ3) is 2.70. The normalized spacial score (nSPS) is 15.2. The number of rotatable bonds is 3. The van der Waals surface area contributed by atoms with Gasteiger partial charge in [0.05, 0.1) is 6.54 Å². The van der Waals surface area contributed by atoms with Crippen LogP contribution in [0.1, 0.15) is 12.0 Å². The van der Waals surface area contributed by atoms with Crippen LogP contribution in [-0.4, -0.2) is 25.8 Å². The van der Waals surface area contributed by atoms with Crippen LogP contribution in [0.5, 0.6) is 11.5 Å². The molecule has 0 saturated carbocycles. The lowest BCUT2D eigenvalue weighted by molar-refractivity contribution is -0.117. The molecule has 2 aliphatic rings. The Morgan fingerprint density at radius 2 is 2.00 bits per heavy atom. The zero-order chi connectivity index (χ0) is 15.6. The summed E-state index contributed by atoms with van der Waals surface area (Å²) >= 11 is 0. The van der Waals surface area contributed by atoms with Crippen molar-refractivity contribution in [3.8, 4) is 11.5 Å². The van der Waals surface area contributed by atoms with Gasteiger partial charge in [-0.3, -0.25) is 4.79 Å². The number of ether oxygens (including phenoxy) is 2. The molecule has 2 aliphatic heterocycles. The van der Waals surface area contributed by atoms with Crippen molar-refractivity contribution in [2.45, 2.75) is 12.8 Å². The van der Waals surface area contributed by atoms with Crippen LogP contribution in [0.2, 0.25) is 0 Å². The van der Waals surface area contributed by atoms with Crippen molar-refractivity contribution < 1.29 is 14.3 Å². The SMILES string of the molecule is O=C(CNc1ccc2c(c1)OCO2)N1CCCc2ccccc21. The van der Waals surface area contributed by atoms with Crippen LogP contribution in [0.25, 0.3) is 0 Å². The molecule has 5 heteroatoms. The molecular weight excluding hydrogens is 292 g/mol. The molecule has 0 aliphatic carbocycles. The lowest BCUT2D eigenvalue weighted by Gasteiger charge is -2.29. The highest BCUT2D eigenvalue weighted by molar-refractivity contribution is 5.97. The molecule has 4 rings (SSSR count). The molecule has 0 aromatic heterocycles. The number of hydrogen-bond donors (Lipinski definition) is 1. The first-order valence-electron chi connectivity index (χ1n) is 7.83. The maximum atomic E-state index is 12.6. The molecule has 1 N–H and O–H groups in total. The number of carbonyl (C=O) groups is 1. The van der Waals surface area contributed by atoms with Gasteiger partial charge in [-0.1, -0.05) is 18.2 Å². The minimum atomic E-state index is 0.0785. The molecule has 0 spiro atoms. The van der Waals surface area contributed by atoms with E-state index < -0.39 is 0 Å². The highest BCUT2D eigenvalue weighted by atomic mass is 16.7. The average Bonchev–Trinajstić information content (AvgIpc) is 3.07. The lowest BCUT2D eigenvalue weighted by atomic mass is 10.0. The van der Waals surface area contributed by atoms with E-state index in [-0.39, 0.29) is 19.2 Å². The van der Waals surface area contributed by atoms with Gasteiger partial charge < -0.3 is 19.7 Å². The summed E-state index contributed by atoms with van der Waals surface area (Å²) < 4.78 is 10.6. The van der Waals surface area contributed by atoms with E-state index in [1.807, 2.05) is 41.3 Å². The van der Waals surface area contributed by atoms with Gasteiger partial charge in [-0.25, -0.2) is 0 Å². The number of hydrogen-bond acceptors (Lipinski definition) is 4. The summed E-state index contributed by atoms with van der Waals surface area (Å²) in [4.78, 5) is 14.4. The first-order valence-corrected chi connectivity index (χ1v) is 7.83. The zero-order valence-corrected chi connectivity index (χ0v) is 12.7. The summed E-state index contributed by atoms with van der Waals surface area (Å²) in [6.07, 6.45) is 2.04. The summed E-state index contributed by atoms with van der Waals surface area (Å²) in [5.74, 6) is 1.53. The Labute approximate surface area is 134 Å². The highest BCUT2D eigenvalue weighted by Crippen LogP contribution is 2.34. The van der Waals surface area contributed by atoms with E-state index in [0.29, 0.717) is 5.75 Å². The third-order valence-corrected chi connectivity index (χ3v) is 4.23. The van der Waals surface area contributed by atoms with Gasteiger partial charge in [0.25, 0.3) is 0 Å². The second-order valence-corrected chi connectivity index (χ2v) is 5.70. The van der Waals surface area contributed by atoms with Gasteiger partial charge in [0.1, 0.15) is 0 Å². The second kappa shape index (κ2) is 5.83. The topological polar surface area (TPSA) is 50.8 Å². The summed E-state index contributed by atoms with van der Waals surface area (Å²) in [5, 5.41) is 3.18. The van der Waals surface area contributed by atoms with E-state index in [2.05, 4.69) is 11.4 Å². The fourth-order valence-corrected chi connectivity index (χ4v) is 3.07. The van der Waals surface area contributed by atoms with Crippen molar-refractivity contribution in [1.82, 2.24) is 0 Å². The van der Waals surface area contributed by atoms with Crippen molar-refractivity contribution >= 4 is 17.3 Å². The van der Waals surface area contributed by atoms with Crippen LogP contribution < -0.4 is 19.7 Å². The van der Waals surface area contributed by atoms with E-state index in [9.17, 15) is 4.79 Å². The molecule has 23 heavy (non-hydrogen) atoms. The molecule has 2 heterocycles. The number of anilines is 2. The standard InChI is InChI=1S/C18H18N2O3/c21-18(20-9-3-5-13-4-1-2-6-15(13)20)11-19-14-7-8-16-17(10-14)23-12-22-16/h1-2,4,6-8,10,19H,3,5,9,11-12H2. The van der Waals surface area contributed by atoms with Crippen LogP contribution in [-0.2, 0) is 11.2 Å². The Balaban J connectivity index is 1.45. The minimum absolute atomic E-state index is 0.0785. The first-order chi connectivity index (χ1) is 11.3. The fraction of sp³-hybridized carbons (Fsp3) is 0.278. The molecule has 0 atom stereocenters. The molecule has 0 bridgehead atoms. The molecule has 0 fully saturated rings. The van der Waals surface area contributed by atoms with E-state index in [4.69, 9.17) is 9.47 Å². The first kappa shape index (κ1) is 13.9. The van der Waals surface area contributed by atoms with E-state index in [1.165, 1.54) is 5.56 Å². The maximum absolute atomic E-state index is 12.6. The van der Waals surface area contributed by atoms with Gasteiger partial charge in [0.15, 0.2) is 11.5 Å². The van der Waals surface area contributed by atoms with Gasteiger partial charge in [-0.05, 0) is 36.6 Å². The van der Waals surface area contributed by atoms with Crippen molar-refractivity contribution in [2.75, 3.05) is 30.1 Å². The van der Waals surface area contributed by atoms with Gasteiger partial charge in [0.2, 0.25) is 12.7 Å². The predicted molar refractivity (Wildman–Crippen MR) is 88.2 cm³/mol. The summed E-state index contributed by atoms with van der Waals surface area (Å²) in [7, 11) is 0. The Morgan fingerprint density at radius 3 is 2.96 bits per heavy atom. The van der Waals surface area contributed by atoms with Crippen molar-refractivity contribution in [1.29, 1.82) is 0 Å². The van der Waals surface area contributed by atoms with Crippen LogP contribution in [0.3, 0.4) is 0 Å². The predicted octanol–water partition coefficient (Wildman–Crippen LogP) is 2.81. The molecule has 1 amide bonds. The Morgan fingerprint density at radius 1 is 1.13 bits per heavy atom. The lowest BCUT2D eigenvalue weighted by Crippen LogP contribution is -2.39. The molecular formula is C18H18N2O3. The quantitative estimate of drug-likeness (QED) is 0.947. The molecule has 118 valence electrons. The number of para-hydroxylation sites is 1. The minimum Gasteiger partial charge on any atom is -0.454 e. The average molecular weight is 310 g/mol. The highest BCUT2D eigenvalue weighted by Gasteiger charge is 2.22. The molecule has 0 unspecified atom stereocenters. The third-order valence-electron chi connectivity index (χ3n) is 4.23. The Hall–Kier alpha value is -2.69. The van der Waals surface area contributed by atoms with Gasteiger partial charge in [0, 0.05) is 24.0 Å². The van der Waals surface area contributed by atoms with Crippen molar-refractivity contribution in [2.24, 2.45) is 0 Å². The Kier molecular flexibility index (Phi) is 3.54. The zero-order valence-electron chi connectivity index (χ0n) is 12.7. The summed E-state index contributed by atoms with van der Waals surface area (Å²) in [6.45, 7) is 1.29. The van der Waals surface area contributed by atoms with E-state index >= 15 is 0 Å². The van der Waals surface area contributed by atoms with Crippen molar-refractivity contribution in [3.63, 3.8) is 0 Å². The Bertz CT molecular complexity index is 745. The van der Waals surface area contributed by atoms with Crippen LogP contribution in [0.15, 0.2) is 42.5 Å². The molecule has 0 saturated heterocycles. The molecule has 0 radical (unpaired) electrons. The number of amides is 1. The summed E-state index contributed by atoms with van der Waals surface area (Å²) in [5.41, 5.74) is 3.14. The fourth-order valence-electron chi connectivity index (χ4n) is 3.07. The number of nitrogens with one attached hydrogen (secondary N) is 1. The summed E-state index contributed by atoms with van der Waals surface area (Å²) in [6, 6.07) is 13.7.